The highest BCUT2D eigenvalue weighted by Crippen LogP contribution is 2.28. The van der Waals surface area contributed by atoms with E-state index in [1.807, 2.05) is 75.4 Å². The highest BCUT2D eigenvalue weighted by Gasteiger charge is 2.34. The van der Waals surface area contributed by atoms with E-state index in [0.29, 0.717) is 12.3 Å². The molecule has 4 aromatic carbocycles. The summed E-state index contributed by atoms with van der Waals surface area (Å²) in [7, 11) is -2.70. The van der Waals surface area contributed by atoms with Gasteiger partial charge in [0, 0.05) is 25.6 Å². The van der Waals surface area contributed by atoms with E-state index in [2.05, 4.69) is 5.32 Å². The van der Waals surface area contributed by atoms with Crippen LogP contribution in [0.1, 0.15) is 29.2 Å². The number of anilines is 1. The number of carbonyl (C=O) groups is 2. The molecule has 0 aliphatic rings. The molecule has 0 aliphatic carbocycles. The van der Waals surface area contributed by atoms with Crippen LogP contribution in [0.15, 0.2) is 108 Å². The molecule has 0 saturated carbocycles. The minimum atomic E-state index is -4.19. The molecule has 8 nitrogen and oxygen atoms in total. The maximum Gasteiger partial charge on any atom is 0.264 e. The maximum absolute atomic E-state index is 14.5. The number of carbonyl (C=O) groups excluding carboxylic acids is 2. The lowest BCUT2D eigenvalue weighted by molar-refractivity contribution is -0.140. The molecule has 230 valence electrons. The van der Waals surface area contributed by atoms with Gasteiger partial charge < -0.3 is 15.0 Å². The van der Waals surface area contributed by atoms with Crippen LogP contribution < -0.4 is 14.4 Å². The predicted octanol–water partition coefficient (Wildman–Crippen LogP) is 5.28. The molecular formula is C35H39N3O5S. The van der Waals surface area contributed by atoms with Gasteiger partial charge in [-0.05, 0) is 56.2 Å². The van der Waals surface area contributed by atoms with E-state index in [9.17, 15) is 18.0 Å². The molecule has 0 saturated heterocycles. The largest absolute Gasteiger partial charge is 0.497 e. The Kier molecular flexibility index (Phi) is 10.8. The number of hydrogen-bond donors (Lipinski definition) is 1. The Morgan fingerprint density at radius 2 is 1.50 bits per heavy atom. The molecule has 1 atom stereocenters. The van der Waals surface area contributed by atoms with Crippen LogP contribution >= 0.6 is 0 Å². The summed E-state index contributed by atoms with van der Waals surface area (Å²) in [6.45, 7) is 5.62. The van der Waals surface area contributed by atoms with E-state index in [1.54, 1.807) is 36.4 Å². The van der Waals surface area contributed by atoms with Crippen molar-refractivity contribution in [1.29, 1.82) is 0 Å². The van der Waals surface area contributed by atoms with Crippen LogP contribution in [0.25, 0.3) is 0 Å². The Balaban J connectivity index is 1.81. The van der Waals surface area contributed by atoms with Gasteiger partial charge in [0.05, 0.1) is 17.7 Å². The number of aryl methyl sites for hydroxylation is 2. The first-order chi connectivity index (χ1) is 21.1. The summed E-state index contributed by atoms with van der Waals surface area (Å²) in [6.07, 6.45) is 0.258. The second-order valence-electron chi connectivity index (χ2n) is 10.6. The highest BCUT2D eigenvalue weighted by molar-refractivity contribution is 7.92. The lowest BCUT2D eigenvalue weighted by atomic mass is 10.0. The van der Waals surface area contributed by atoms with Crippen molar-refractivity contribution in [3.8, 4) is 5.75 Å². The van der Waals surface area contributed by atoms with E-state index in [0.717, 1.165) is 26.6 Å². The third-order valence-corrected chi connectivity index (χ3v) is 9.07. The molecular weight excluding hydrogens is 574 g/mol. The van der Waals surface area contributed by atoms with Crippen molar-refractivity contribution < 1.29 is 22.7 Å². The first-order valence-corrected chi connectivity index (χ1v) is 16.0. The molecule has 0 bridgehead atoms. The van der Waals surface area contributed by atoms with Crippen molar-refractivity contribution >= 4 is 27.5 Å². The molecule has 9 heteroatoms. The fourth-order valence-electron chi connectivity index (χ4n) is 4.99. The minimum Gasteiger partial charge on any atom is -0.497 e. The summed E-state index contributed by atoms with van der Waals surface area (Å²) in [4.78, 5) is 29.6. The Labute approximate surface area is 260 Å². The Bertz CT molecular complexity index is 1670. The zero-order valence-electron chi connectivity index (χ0n) is 25.6. The molecule has 2 amide bonds. The van der Waals surface area contributed by atoms with Gasteiger partial charge in [-0.1, -0.05) is 83.9 Å². The highest BCUT2D eigenvalue weighted by atomic mass is 32.2. The fraction of sp³-hybridized carbons (Fsp3) is 0.257. The monoisotopic (exact) mass is 613 g/mol. The fourth-order valence-corrected chi connectivity index (χ4v) is 6.39. The number of ether oxygens (including phenoxy) is 1. The quantitative estimate of drug-likeness (QED) is 0.221. The first-order valence-electron chi connectivity index (χ1n) is 14.5. The molecule has 0 unspecified atom stereocenters. The standard InChI is InChI=1S/C35H39N3O5S/c1-5-36-35(40)33(22-28-12-7-6-8-13-28)37(24-29-14-9-11-27(3)21-29)34(39)25-38(30-15-10-16-31(23-30)43-4)44(41,42)32-19-17-26(2)18-20-32/h6-21,23,33H,5,22,24-25H2,1-4H3,(H,36,40)/t33-/m0/s1. The van der Waals surface area contributed by atoms with Gasteiger partial charge in [-0.2, -0.15) is 0 Å². The van der Waals surface area contributed by atoms with Crippen LogP contribution in [0.3, 0.4) is 0 Å². The molecule has 1 N–H and O–H groups in total. The number of benzene rings is 4. The van der Waals surface area contributed by atoms with Crippen LogP contribution in [-0.4, -0.2) is 51.4 Å². The number of amides is 2. The van der Waals surface area contributed by atoms with Gasteiger partial charge in [0.25, 0.3) is 10.0 Å². The Morgan fingerprint density at radius 3 is 2.16 bits per heavy atom. The third kappa shape index (κ3) is 8.05. The van der Waals surface area contributed by atoms with Crippen LogP contribution in [0.2, 0.25) is 0 Å². The van der Waals surface area contributed by atoms with Crippen molar-refractivity contribution in [2.24, 2.45) is 0 Å². The molecule has 44 heavy (non-hydrogen) atoms. The van der Waals surface area contributed by atoms with E-state index < -0.39 is 28.5 Å². The molecule has 4 aromatic rings. The second kappa shape index (κ2) is 14.7. The van der Waals surface area contributed by atoms with Crippen molar-refractivity contribution in [3.63, 3.8) is 0 Å². The normalized spacial score (nSPS) is 11.8. The van der Waals surface area contributed by atoms with Gasteiger partial charge in [0.15, 0.2) is 0 Å². The molecule has 0 spiro atoms. The summed E-state index contributed by atoms with van der Waals surface area (Å²) < 4.78 is 34.7. The van der Waals surface area contributed by atoms with Crippen molar-refractivity contribution in [1.82, 2.24) is 10.2 Å². The summed E-state index contributed by atoms with van der Waals surface area (Å²) in [5.74, 6) is -0.385. The van der Waals surface area contributed by atoms with Crippen LogP contribution in [0, 0.1) is 13.8 Å². The Morgan fingerprint density at radius 1 is 0.818 bits per heavy atom. The topological polar surface area (TPSA) is 96.0 Å². The Hall–Kier alpha value is -4.63. The predicted molar refractivity (Wildman–Crippen MR) is 173 cm³/mol. The summed E-state index contributed by atoms with van der Waals surface area (Å²) in [5.41, 5.74) is 3.89. The average molecular weight is 614 g/mol. The van der Waals surface area contributed by atoms with Gasteiger partial charge >= 0.3 is 0 Å². The molecule has 0 radical (unpaired) electrons. The van der Waals surface area contributed by atoms with Crippen molar-refractivity contribution in [2.45, 2.75) is 44.7 Å². The first kappa shape index (κ1) is 32.3. The average Bonchev–Trinajstić information content (AvgIpc) is 3.02. The molecule has 0 fully saturated rings. The van der Waals surface area contributed by atoms with Gasteiger partial charge in [0.2, 0.25) is 11.8 Å². The molecule has 0 heterocycles. The van der Waals surface area contributed by atoms with Crippen LogP contribution in [-0.2, 0) is 32.6 Å². The number of hydrogen-bond acceptors (Lipinski definition) is 5. The van der Waals surface area contributed by atoms with E-state index in [4.69, 9.17) is 4.74 Å². The van der Waals surface area contributed by atoms with Crippen molar-refractivity contribution in [2.75, 3.05) is 24.5 Å². The molecule has 0 aliphatic heterocycles. The summed E-state index contributed by atoms with van der Waals surface area (Å²) in [5, 5.41) is 2.88. The number of rotatable bonds is 13. The lowest BCUT2D eigenvalue weighted by Gasteiger charge is -2.34. The molecule has 4 rings (SSSR count). The minimum absolute atomic E-state index is 0.0496. The zero-order valence-corrected chi connectivity index (χ0v) is 26.4. The van der Waals surface area contributed by atoms with Crippen molar-refractivity contribution in [3.05, 3.63) is 125 Å². The van der Waals surface area contributed by atoms with Crippen LogP contribution in [0.5, 0.6) is 5.75 Å². The number of methoxy groups -OCH3 is 1. The number of nitrogens with zero attached hydrogens (tertiary/aromatic N) is 2. The SMILES string of the molecule is CCNC(=O)[C@H](Cc1ccccc1)N(Cc1cccc(C)c1)C(=O)CN(c1cccc(OC)c1)S(=O)(=O)c1ccc(C)cc1. The van der Waals surface area contributed by atoms with E-state index in [-0.39, 0.29) is 29.5 Å². The van der Waals surface area contributed by atoms with Crippen LogP contribution in [0.4, 0.5) is 5.69 Å². The summed E-state index contributed by atoms with van der Waals surface area (Å²) in [6, 6.07) is 29.4. The second-order valence-corrected chi connectivity index (χ2v) is 12.5. The van der Waals surface area contributed by atoms with Gasteiger partial charge in [-0.25, -0.2) is 8.42 Å². The maximum atomic E-state index is 14.5. The number of sulfonamides is 1. The van der Waals surface area contributed by atoms with Gasteiger partial charge in [-0.15, -0.1) is 0 Å². The third-order valence-electron chi connectivity index (χ3n) is 7.29. The number of likely N-dealkylation sites (N-methyl/N-ethyl adjacent to an activating group) is 1. The number of nitrogens with one attached hydrogen (secondary N) is 1. The lowest BCUT2D eigenvalue weighted by Crippen LogP contribution is -2.53. The molecule has 0 aromatic heterocycles. The van der Waals surface area contributed by atoms with E-state index in [1.165, 1.54) is 24.1 Å². The van der Waals surface area contributed by atoms with Gasteiger partial charge in [-0.3, -0.25) is 13.9 Å². The van der Waals surface area contributed by atoms with E-state index >= 15 is 0 Å². The zero-order chi connectivity index (χ0) is 31.7. The smallest absolute Gasteiger partial charge is 0.264 e. The van der Waals surface area contributed by atoms with Gasteiger partial charge in [0.1, 0.15) is 18.3 Å². The summed E-state index contributed by atoms with van der Waals surface area (Å²) >= 11 is 0.